The van der Waals surface area contributed by atoms with Crippen molar-refractivity contribution in [1.82, 2.24) is 0 Å². The minimum Gasteiger partial charge on any atom is -0.506 e. The van der Waals surface area contributed by atoms with E-state index in [-0.39, 0.29) is 10.8 Å². The SMILES string of the molecule is N#C[C@H](N)c1ccc(O)c(Cl)c1. The number of phenols is 1. The van der Waals surface area contributed by atoms with Gasteiger partial charge in [0.15, 0.2) is 0 Å². The van der Waals surface area contributed by atoms with Gasteiger partial charge in [-0.2, -0.15) is 5.26 Å². The average molecular weight is 183 g/mol. The highest BCUT2D eigenvalue weighted by molar-refractivity contribution is 6.32. The Balaban J connectivity index is 3.06. The first-order chi connectivity index (χ1) is 5.65. The fourth-order valence-electron chi connectivity index (χ4n) is 0.791. The summed E-state index contributed by atoms with van der Waals surface area (Å²) >= 11 is 5.60. The van der Waals surface area contributed by atoms with E-state index in [0.29, 0.717) is 5.56 Å². The zero-order chi connectivity index (χ0) is 9.14. The number of halogens is 1. The van der Waals surface area contributed by atoms with Crippen molar-refractivity contribution in [3.05, 3.63) is 28.8 Å². The zero-order valence-corrected chi connectivity index (χ0v) is 6.92. The van der Waals surface area contributed by atoms with Crippen LogP contribution in [0.3, 0.4) is 0 Å². The van der Waals surface area contributed by atoms with Crippen LogP contribution in [0.1, 0.15) is 11.6 Å². The Morgan fingerprint density at radius 2 is 2.25 bits per heavy atom. The third kappa shape index (κ3) is 1.67. The highest BCUT2D eigenvalue weighted by Crippen LogP contribution is 2.25. The van der Waals surface area contributed by atoms with Crippen molar-refractivity contribution in [2.75, 3.05) is 0 Å². The van der Waals surface area contributed by atoms with Crippen molar-refractivity contribution in [3.8, 4) is 11.8 Å². The van der Waals surface area contributed by atoms with Gasteiger partial charge in [0.2, 0.25) is 0 Å². The number of nitrogens with zero attached hydrogens (tertiary/aromatic N) is 1. The van der Waals surface area contributed by atoms with Crippen molar-refractivity contribution in [1.29, 1.82) is 5.26 Å². The Labute approximate surface area is 75.0 Å². The number of phenolic OH excluding ortho intramolecular Hbond substituents is 1. The van der Waals surface area contributed by atoms with Crippen molar-refractivity contribution in [2.45, 2.75) is 6.04 Å². The number of nitriles is 1. The molecule has 0 aliphatic rings. The van der Waals surface area contributed by atoms with Crippen molar-refractivity contribution >= 4 is 11.6 Å². The molecule has 0 amide bonds. The van der Waals surface area contributed by atoms with Gasteiger partial charge in [0, 0.05) is 0 Å². The smallest absolute Gasteiger partial charge is 0.134 e. The van der Waals surface area contributed by atoms with E-state index in [1.54, 1.807) is 6.07 Å². The third-order valence-electron chi connectivity index (χ3n) is 1.47. The van der Waals surface area contributed by atoms with Gasteiger partial charge in [-0.3, -0.25) is 0 Å². The number of hydrogen-bond donors (Lipinski definition) is 2. The summed E-state index contributed by atoms with van der Waals surface area (Å²) in [5.74, 6) is -0.00874. The van der Waals surface area contributed by atoms with E-state index < -0.39 is 6.04 Å². The Kier molecular flexibility index (Phi) is 2.54. The molecule has 1 rings (SSSR count). The number of benzene rings is 1. The predicted octanol–water partition coefficient (Wildman–Crippen LogP) is 1.57. The quantitative estimate of drug-likeness (QED) is 0.693. The van der Waals surface area contributed by atoms with Crippen LogP contribution in [0.15, 0.2) is 18.2 Å². The van der Waals surface area contributed by atoms with E-state index in [0.717, 1.165) is 0 Å². The fourth-order valence-corrected chi connectivity index (χ4v) is 0.980. The lowest BCUT2D eigenvalue weighted by Gasteiger charge is -2.03. The van der Waals surface area contributed by atoms with Gasteiger partial charge in [-0.05, 0) is 17.7 Å². The Morgan fingerprint density at radius 3 is 2.75 bits per heavy atom. The number of nitrogens with two attached hydrogens (primary N) is 1. The van der Waals surface area contributed by atoms with Gasteiger partial charge in [0.05, 0.1) is 11.1 Å². The molecule has 0 aromatic heterocycles. The Hall–Kier alpha value is -1.24. The standard InChI is InChI=1S/C8H7ClN2O/c9-6-3-5(7(11)4-10)1-2-8(6)12/h1-3,7,12H,11H2/t7-/m0/s1. The fraction of sp³-hybridized carbons (Fsp3) is 0.125. The van der Waals surface area contributed by atoms with E-state index in [1.165, 1.54) is 12.1 Å². The molecular weight excluding hydrogens is 176 g/mol. The lowest BCUT2D eigenvalue weighted by Crippen LogP contribution is -2.06. The van der Waals surface area contributed by atoms with Crippen LogP contribution in [0.2, 0.25) is 5.02 Å². The molecule has 1 aromatic rings. The lowest BCUT2D eigenvalue weighted by molar-refractivity contribution is 0.475. The zero-order valence-electron chi connectivity index (χ0n) is 6.16. The van der Waals surface area contributed by atoms with Crippen LogP contribution >= 0.6 is 11.6 Å². The van der Waals surface area contributed by atoms with Gasteiger partial charge in [-0.15, -0.1) is 0 Å². The first-order valence-corrected chi connectivity index (χ1v) is 3.66. The molecule has 3 N–H and O–H groups in total. The molecule has 0 spiro atoms. The van der Waals surface area contributed by atoms with Gasteiger partial charge in [-0.1, -0.05) is 17.7 Å². The summed E-state index contributed by atoms with van der Waals surface area (Å²) in [6.07, 6.45) is 0. The topological polar surface area (TPSA) is 70.0 Å². The lowest BCUT2D eigenvalue weighted by atomic mass is 10.1. The molecule has 0 unspecified atom stereocenters. The molecule has 1 aromatic carbocycles. The van der Waals surface area contributed by atoms with Gasteiger partial charge in [0.25, 0.3) is 0 Å². The van der Waals surface area contributed by atoms with Crippen LogP contribution in [0, 0.1) is 11.3 Å². The van der Waals surface area contributed by atoms with E-state index in [4.69, 9.17) is 27.7 Å². The van der Waals surface area contributed by atoms with Crippen molar-refractivity contribution < 1.29 is 5.11 Å². The molecule has 0 fully saturated rings. The van der Waals surface area contributed by atoms with E-state index in [9.17, 15) is 0 Å². The largest absolute Gasteiger partial charge is 0.506 e. The molecule has 1 atom stereocenters. The first kappa shape index (κ1) is 8.85. The molecular formula is C8H7ClN2O. The monoisotopic (exact) mass is 182 g/mol. The molecule has 12 heavy (non-hydrogen) atoms. The Bertz CT molecular complexity index is 332. The second kappa shape index (κ2) is 3.44. The van der Waals surface area contributed by atoms with Crippen molar-refractivity contribution in [2.24, 2.45) is 5.73 Å². The highest BCUT2D eigenvalue weighted by Gasteiger charge is 2.06. The average Bonchev–Trinajstić information content (AvgIpc) is 2.08. The van der Waals surface area contributed by atoms with E-state index in [2.05, 4.69) is 0 Å². The van der Waals surface area contributed by atoms with Crippen LogP contribution in [0.5, 0.6) is 5.75 Å². The number of rotatable bonds is 1. The first-order valence-electron chi connectivity index (χ1n) is 3.28. The predicted molar refractivity (Wildman–Crippen MR) is 45.7 cm³/mol. The van der Waals surface area contributed by atoms with E-state index in [1.807, 2.05) is 6.07 Å². The maximum Gasteiger partial charge on any atom is 0.134 e. The molecule has 4 heteroatoms. The summed E-state index contributed by atoms with van der Waals surface area (Å²) in [5.41, 5.74) is 6.01. The molecule has 0 saturated carbocycles. The second-order valence-electron chi connectivity index (χ2n) is 2.32. The molecule has 0 heterocycles. The van der Waals surface area contributed by atoms with Crippen LogP contribution in [0.4, 0.5) is 0 Å². The molecule has 0 radical (unpaired) electrons. The minimum absolute atomic E-state index is 0.00874. The maximum atomic E-state index is 9.04. The van der Waals surface area contributed by atoms with Crippen LogP contribution in [-0.4, -0.2) is 5.11 Å². The molecule has 0 aliphatic heterocycles. The summed E-state index contributed by atoms with van der Waals surface area (Å²) < 4.78 is 0. The van der Waals surface area contributed by atoms with Crippen LogP contribution < -0.4 is 5.73 Å². The van der Waals surface area contributed by atoms with Gasteiger partial charge in [0.1, 0.15) is 11.8 Å². The van der Waals surface area contributed by atoms with Gasteiger partial charge >= 0.3 is 0 Å². The van der Waals surface area contributed by atoms with Gasteiger partial charge < -0.3 is 10.8 Å². The second-order valence-corrected chi connectivity index (χ2v) is 2.72. The highest BCUT2D eigenvalue weighted by atomic mass is 35.5. The maximum absolute atomic E-state index is 9.04. The third-order valence-corrected chi connectivity index (χ3v) is 1.77. The summed E-state index contributed by atoms with van der Waals surface area (Å²) in [7, 11) is 0. The summed E-state index contributed by atoms with van der Waals surface area (Å²) in [6, 6.07) is 5.63. The van der Waals surface area contributed by atoms with Gasteiger partial charge in [-0.25, -0.2) is 0 Å². The summed E-state index contributed by atoms with van der Waals surface area (Å²) in [5, 5.41) is 17.7. The summed E-state index contributed by atoms with van der Waals surface area (Å²) in [6.45, 7) is 0. The normalized spacial score (nSPS) is 12.1. The van der Waals surface area contributed by atoms with Crippen LogP contribution in [0.25, 0.3) is 0 Å². The molecule has 62 valence electrons. The number of aromatic hydroxyl groups is 1. The van der Waals surface area contributed by atoms with E-state index >= 15 is 0 Å². The summed E-state index contributed by atoms with van der Waals surface area (Å²) in [4.78, 5) is 0. The van der Waals surface area contributed by atoms with Crippen LogP contribution in [-0.2, 0) is 0 Å². The minimum atomic E-state index is -0.692. The molecule has 0 bridgehead atoms. The van der Waals surface area contributed by atoms with Crippen molar-refractivity contribution in [3.63, 3.8) is 0 Å². The molecule has 0 aliphatic carbocycles. The Morgan fingerprint density at radius 1 is 1.58 bits per heavy atom. The molecule has 0 saturated heterocycles. The molecule has 3 nitrogen and oxygen atoms in total. The number of hydrogen-bond acceptors (Lipinski definition) is 3.